The Morgan fingerprint density at radius 3 is 2.80 bits per heavy atom. The highest BCUT2D eigenvalue weighted by Gasteiger charge is 2.14. The first-order valence-corrected chi connectivity index (χ1v) is 9.91. The maximum atomic E-state index is 12.8. The number of H-pyrrole nitrogens is 1. The van der Waals surface area contributed by atoms with Crippen LogP contribution in [0.5, 0.6) is 0 Å². The second-order valence-electron chi connectivity index (χ2n) is 6.55. The summed E-state index contributed by atoms with van der Waals surface area (Å²) in [6.07, 6.45) is 3.48. The first kappa shape index (κ1) is 18.1. The minimum atomic E-state index is -0.579. The Balaban J connectivity index is 1.46. The maximum Gasteiger partial charge on any atom is 0.338 e. The third kappa shape index (κ3) is 3.01. The molecule has 5 aromatic rings. The van der Waals surface area contributed by atoms with E-state index in [2.05, 4.69) is 9.97 Å². The Hall–Kier alpha value is -3.98. The van der Waals surface area contributed by atoms with E-state index in [1.807, 2.05) is 9.78 Å². The van der Waals surface area contributed by atoms with Crippen LogP contribution in [-0.4, -0.2) is 24.9 Å². The van der Waals surface area contributed by atoms with Crippen LogP contribution >= 0.6 is 11.3 Å². The molecule has 0 saturated heterocycles. The SMILES string of the molecule is O=C(OCc1csc2nccn12)c1ccc2c(=O)n(-c3ccccc3)c(=O)[nH]c2c1. The number of benzene rings is 2. The van der Waals surface area contributed by atoms with Crippen molar-refractivity contribution in [2.24, 2.45) is 0 Å². The number of carbonyl (C=O) groups excluding carboxylic acids is 1. The van der Waals surface area contributed by atoms with Gasteiger partial charge >= 0.3 is 11.7 Å². The van der Waals surface area contributed by atoms with Gasteiger partial charge in [-0.15, -0.1) is 11.3 Å². The van der Waals surface area contributed by atoms with Crippen molar-refractivity contribution in [1.29, 1.82) is 0 Å². The van der Waals surface area contributed by atoms with Crippen molar-refractivity contribution in [3.63, 3.8) is 0 Å². The van der Waals surface area contributed by atoms with Crippen molar-refractivity contribution in [3.8, 4) is 5.69 Å². The van der Waals surface area contributed by atoms with Crippen LogP contribution in [0.1, 0.15) is 16.1 Å². The molecular weight excluding hydrogens is 404 g/mol. The van der Waals surface area contributed by atoms with E-state index in [9.17, 15) is 14.4 Å². The van der Waals surface area contributed by atoms with Crippen LogP contribution in [0.15, 0.2) is 75.9 Å². The van der Waals surface area contributed by atoms with E-state index >= 15 is 0 Å². The summed E-state index contributed by atoms with van der Waals surface area (Å²) in [7, 11) is 0. The number of rotatable bonds is 4. The number of para-hydroxylation sites is 1. The zero-order valence-corrected chi connectivity index (χ0v) is 16.3. The summed E-state index contributed by atoms with van der Waals surface area (Å²) < 4.78 is 8.31. The maximum absolute atomic E-state index is 12.8. The zero-order chi connectivity index (χ0) is 20.7. The Morgan fingerprint density at radius 1 is 1.13 bits per heavy atom. The van der Waals surface area contributed by atoms with Gasteiger partial charge < -0.3 is 9.72 Å². The van der Waals surface area contributed by atoms with Crippen LogP contribution < -0.4 is 11.2 Å². The van der Waals surface area contributed by atoms with Crippen LogP contribution in [-0.2, 0) is 11.3 Å². The van der Waals surface area contributed by atoms with Crippen LogP contribution in [0.2, 0.25) is 0 Å². The topological polar surface area (TPSA) is 98.5 Å². The lowest BCUT2D eigenvalue weighted by Gasteiger charge is -2.08. The predicted molar refractivity (Wildman–Crippen MR) is 112 cm³/mol. The molecule has 3 aromatic heterocycles. The van der Waals surface area contributed by atoms with E-state index in [0.29, 0.717) is 11.1 Å². The van der Waals surface area contributed by atoms with Gasteiger partial charge in [0.25, 0.3) is 5.56 Å². The van der Waals surface area contributed by atoms with E-state index in [0.717, 1.165) is 15.2 Å². The minimum Gasteiger partial charge on any atom is -0.456 e. The fourth-order valence-corrected chi connectivity index (χ4v) is 4.09. The van der Waals surface area contributed by atoms with Crippen LogP contribution in [0, 0.1) is 0 Å². The van der Waals surface area contributed by atoms with Crippen molar-refractivity contribution < 1.29 is 9.53 Å². The summed E-state index contributed by atoms with van der Waals surface area (Å²) in [5.41, 5.74) is 0.758. The molecule has 3 heterocycles. The predicted octanol–water partition coefficient (Wildman–Crippen LogP) is 2.75. The van der Waals surface area contributed by atoms with Gasteiger partial charge in [0.15, 0.2) is 4.96 Å². The second-order valence-corrected chi connectivity index (χ2v) is 7.39. The first-order chi connectivity index (χ1) is 14.6. The van der Waals surface area contributed by atoms with Gasteiger partial charge in [-0.3, -0.25) is 9.20 Å². The molecule has 0 aliphatic rings. The number of carbonyl (C=O) groups is 1. The van der Waals surface area contributed by atoms with Crippen LogP contribution in [0.3, 0.4) is 0 Å². The van der Waals surface area contributed by atoms with Gasteiger partial charge in [-0.1, -0.05) is 18.2 Å². The molecule has 30 heavy (non-hydrogen) atoms. The van der Waals surface area contributed by atoms with E-state index in [-0.39, 0.29) is 17.7 Å². The van der Waals surface area contributed by atoms with E-state index < -0.39 is 17.2 Å². The van der Waals surface area contributed by atoms with Crippen molar-refractivity contribution >= 4 is 33.2 Å². The average Bonchev–Trinajstić information content (AvgIpc) is 3.37. The number of imidazole rings is 1. The standard InChI is InChI=1S/C21H14N4O4S/c26-18-16-7-6-13(19(27)29-11-15-12-30-21-22-8-9-24(15)21)10-17(16)23-20(28)25(18)14-4-2-1-3-5-14/h1-10,12H,11H2,(H,23,28). The van der Waals surface area contributed by atoms with Crippen LogP contribution in [0.25, 0.3) is 21.6 Å². The van der Waals surface area contributed by atoms with Crippen LogP contribution in [0.4, 0.5) is 0 Å². The monoisotopic (exact) mass is 418 g/mol. The Morgan fingerprint density at radius 2 is 1.97 bits per heavy atom. The molecule has 5 rings (SSSR count). The normalized spacial score (nSPS) is 11.2. The molecule has 8 nitrogen and oxygen atoms in total. The summed E-state index contributed by atoms with van der Waals surface area (Å²) in [6, 6.07) is 13.1. The Labute approximate surface area is 172 Å². The molecule has 0 radical (unpaired) electrons. The first-order valence-electron chi connectivity index (χ1n) is 9.03. The molecule has 0 unspecified atom stereocenters. The summed E-state index contributed by atoms with van der Waals surface area (Å²) in [6.45, 7) is 0.0827. The number of fused-ring (bicyclic) bond motifs is 2. The molecule has 0 aliphatic carbocycles. The lowest BCUT2D eigenvalue weighted by Crippen LogP contribution is -2.33. The second kappa shape index (κ2) is 7.12. The highest BCUT2D eigenvalue weighted by atomic mass is 32.1. The van der Waals surface area contributed by atoms with Crippen molar-refractivity contribution in [3.05, 3.63) is 98.4 Å². The summed E-state index contributed by atoms with van der Waals surface area (Å²) in [5, 5.41) is 2.17. The lowest BCUT2D eigenvalue weighted by molar-refractivity contribution is 0.0467. The molecule has 2 aromatic carbocycles. The van der Waals surface area contributed by atoms with Gasteiger partial charge in [0.2, 0.25) is 0 Å². The summed E-state index contributed by atoms with van der Waals surface area (Å²) in [4.78, 5) is 45.5. The quantitative estimate of drug-likeness (QED) is 0.453. The Bertz CT molecular complexity index is 1510. The van der Waals surface area contributed by atoms with Crippen molar-refractivity contribution in [2.75, 3.05) is 0 Å². The number of nitrogens with one attached hydrogen (secondary N) is 1. The Kier molecular flexibility index (Phi) is 4.29. The number of hydrogen-bond donors (Lipinski definition) is 1. The molecule has 0 fully saturated rings. The van der Waals surface area contributed by atoms with E-state index in [4.69, 9.17) is 4.74 Å². The number of nitrogens with zero attached hydrogens (tertiary/aromatic N) is 3. The third-order valence-electron chi connectivity index (χ3n) is 4.72. The number of hydrogen-bond acceptors (Lipinski definition) is 6. The molecule has 1 N–H and O–H groups in total. The molecule has 0 bridgehead atoms. The number of thiazole rings is 1. The largest absolute Gasteiger partial charge is 0.456 e. The van der Waals surface area contributed by atoms with Crippen molar-refractivity contribution in [2.45, 2.75) is 6.61 Å². The molecule has 0 saturated carbocycles. The molecular formula is C21H14N4O4S. The minimum absolute atomic E-state index is 0.0827. The van der Waals surface area contributed by atoms with Gasteiger partial charge in [-0.2, -0.15) is 0 Å². The van der Waals surface area contributed by atoms with Gasteiger partial charge in [0.1, 0.15) is 6.61 Å². The van der Waals surface area contributed by atoms with Crippen molar-refractivity contribution in [1.82, 2.24) is 18.9 Å². The molecule has 0 atom stereocenters. The third-order valence-corrected chi connectivity index (χ3v) is 5.62. The van der Waals surface area contributed by atoms with Gasteiger partial charge in [0.05, 0.1) is 27.8 Å². The zero-order valence-electron chi connectivity index (χ0n) is 15.4. The molecule has 0 aliphatic heterocycles. The highest BCUT2D eigenvalue weighted by molar-refractivity contribution is 7.15. The van der Waals surface area contributed by atoms with E-state index in [1.165, 1.54) is 29.5 Å². The van der Waals surface area contributed by atoms with E-state index in [1.54, 1.807) is 42.7 Å². The summed E-state index contributed by atoms with van der Waals surface area (Å²) in [5.74, 6) is -0.551. The summed E-state index contributed by atoms with van der Waals surface area (Å²) >= 11 is 1.46. The number of ether oxygens (including phenoxy) is 1. The fraction of sp³-hybridized carbons (Fsp3) is 0.0476. The van der Waals surface area contributed by atoms with Gasteiger partial charge in [-0.25, -0.2) is 19.1 Å². The lowest BCUT2D eigenvalue weighted by atomic mass is 10.1. The fourth-order valence-electron chi connectivity index (χ4n) is 3.26. The molecule has 148 valence electrons. The smallest absolute Gasteiger partial charge is 0.338 e. The average molecular weight is 418 g/mol. The van der Waals surface area contributed by atoms with Gasteiger partial charge in [-0.05, 0) is 30.3 Å². The highest BCUT2D eigenvalue weighted by Crippen LogP contribution is 2.17. The van der Waals surface area contributed by atoms with Gasteiger partial charge in [0, 0.05) is 17.8 Å². The molecule has 0 amide bonds. The number of esters is 1. The number of aromatic amines is 1. The molecule has 0 spiro atoms. The molecule has 9 heteroatoms. The number of aromatic nitrogens is 4.